The number of benzene rings is 1. The number of anilines is 1. The van der Waals surface area contributed by atoms with Gasteiger partial charge in [-0.3, -0.25) is 9.59 Å². The van der Waals surface area contributed by atoms with Gasteiger partial charge in [-0.1, -0.05) is 6.07 Å². The van der Waals surface area contributed by atoms with E-state index in [9.17, 15) is 9.59 Å². The molecule has 6 nitrogen and oxygen atoms in total. The van der Waals surface area contributed by atoms with Crippen molar-refractivity contribution in [1.29, 1.82) is 0 Å². The first-order valence-electron chi connectivity index (χ1n) is 8.13. The Morgan fingerprint density at radius 3 is 2.39 bits per heavy atom. The van der Waals surface area contributed by atoms with E-state index in [1.165, 1.54) is 4.90 Å². The predicted octanol–water partition coefficient (Wildman–Crippen LogP) is -0.337. The highest BCUT2D eigenvalue weighted by molar-refractivity contribution is 6.39. The Hall–Kier alpha value is -1.92. The van der Waals surface area contributed by atoms with Crippen LogP contribution in [0.3, 0.4) is 0 Å². The second-order valence-electron chi connectivity index (χ2n) is 6.05. The molecule has 2 rings (SSSR count). The van der Waals surface area contributed by atoms with Crippen molar-refractivity contribution in [2.75, 3.05) is 44.7 Å². The third kappa shape index (κ3) is 6.00. The summed E-state index contributed by atoms with van der Waals surface area (Å²) < 4.78 is 5.31. The minimum atomic E-state index is -0.617. The Kier molecular flexibility index (Phi) is 6.55. The molecular formula is C17H26N3O3+. The number of hydrogen-bond donors (Lipinski definition) is 3. The molecule has 0 aliphatic carbocycles. The summed E-state index contributed by atoms with van der Waals surface area (Å²) in [6.07, 6.45) is 0.859. The molecule has 3 N–H and O–H groups in total. The maximum absolute atomic E-state index is 11.9. The highest BCUT2D eigenvalue weighted by Crippen LogP contribution is 2.13. The van der Waals surface area contributed by atoms with Crippen LogP contribution in [0.1, 0.15) is 17.5 Å². The Labute approximate surface area is 137 Å². The van der Waals surface area contributed by atoms with Crippen molar-refractivity contribution in [3.05, 3.63) is 29.3 Å². The number of amides is 2. The molecule has 0 atom stereocenters. The highest BCUT2D eigenvalue weighted by atomic mass is 16.5. The molecular weight excluding hydrogens is 294 g/mol. The van der Waals surface area contributed by atoms with Crippen LogP contribution in [-0.2, 0) is 14.3 Å². The van der Waals surface area contributed by atoms with E-state index in [1.807, 2.05) is 32.0 Å². The van der Waals surface area contributed by atoms with Gasteiger partial charge in [-0.15, -0.1) is 0 Å². The van der Waals surface area contributed by atoms with Gasteiger partial charge in [0.25, 0.3) is 0 Å². The molecule has 0 saturated carbocycles. The van der Waals surface area contributed by atoms with E-state index >= 15 is 0 Å². The van der Waals surface area contributed by atoms with Crippen LogP contribution < -0.4 is 15.5 Å². The number of nitrogens with one attached hydrogen (secondary N) is 3. The molecule has 1 saturated heterocycles. The molecule has 126 valence electrons. The zero-order chi connectivity index (χ0) is 16.7. The molecule has 0 aromatic heterocycles. The summed E-state index contributed by atoms with van der Waals surface area (Å²) in [5.41, 5.74) is 2.75. The maximum Gasteiger partial charge on any atom is 0.313 e. The third-order valence-electron chi connectivity index (χ3n) is 3.88. The first-order valence-corrected chi connectivity index (χ1v) is 8.13. The summed E-state index contributed by atoms with van der Waals surface area (Å²) in [5.74, 6) is -1.20. The van der Waals surface area contributed by atoms with Crippen molar-refractivity contribution in [3.8, 4) is 0 Å². The molecule has 23 heavy (non-hydrogen) atoms. The summed E-state index contributed by atoms with van der Waals surface area (Å²) in [6.45, 7) is 9.06. The first kappa shape index (κ1) is 17.4. The van der Waals surface area contributed by atoms with E-state index in [0.717, 1.165) is 50.4 Å². The van der Waals surface area contributed by atoms with Crippen molar-refractivity contribution in [2.45, 2.75) is 20.3 Å². The quantitative estimate of drug-likeness (QED) is 0.514. The highest BCUT2D eigenvalue weighted by Gasteiger charge is 2.15. The summed E-state index contributed by atoms with van der Waals surface area (Å²) in [5, 5.41) is 5.32. The van der Waals surface area contributed by atoms with Gasteiger partial charge in [-0.05, 0) is 37.1 Å². The number of rotatable bonds is 5. The molecule has 1 aromatic carbocycles. The van der Waals surface area contributed by atoms with Crippen LogP contribution in [0, 0.1) is 13.8 Å². The van der Waals surface area contributed by atoms with E-state index in [1.54, 1.807) is 0 Å². The number of ether oxygens (including phenoxy) is 1. The number of quaternary nitrogens is 1. The lowest BCUT2D eigenvalue weighted by molar-refractivity contribution is -0.908. The Balaban J connectivity index is 1.69. The lowest BCUT2D eigenvalue weighted by atomic mass is 10.1. The van der Waals surface area contributed by atoms with Gasteiger partial charge >= 0.3 is 11.8 Å². The first-order chi connectivity index (χ1) is 11.0. The van der Waals surface area contributed by atoms with Crippen molar-refractivity contribution in [3.63, 3.8) is 0 Å². The van der Waals surface area contributed by atoms with Gasteiger partial charge in [0.15, 0.2) is 0 Å². The van der Waals surface area contributed by atoms with Gasteiger partial charge in [0.1, 0.15) is 13.1 Å². The van der Waals surface area contributed by atoms with E-state index in [2.05, 4.69) is 10.6 Å². The minimum absolute atomic E-state index is 0.517. The molecule has 0 unspecified atom stereocenters. The molecule has 0 radical (unpaired) electrons. The molecule has 1 fully saturated rings. The average molecular weight is 320 g/mol. The topological polar surface area (TPSA) is 71.9 Å². The summed E-state index contributed by atoms with van der Waals surface area (Å²) in [4.78, 5) is 25.2. The second kappa shape index (κ2) is 8.64. The molecule has 0 spiro atoms. The summed E-state index contributed by atoms with van der Waals surface area (Å²) in [7, 11) is 0. The number of carbonyl (C=O) groups is 2. The Morgan fingerprint density at radius 2 is 1.74 bits per heavy atom. The number of morpholine rings is 1. The van der Waals surface area contributed by atoms with Crippen LogP contribution in [0.2, 0.25) is 0 Å². The normalized spacial score (nSPS) is 15.2. The maximum atomic E-state index is 11.9. The van der Waals surface area contributed by atoms with Crippen LogP contribution in [0.25, 0.3) is 0 Å². The monoisotopic (exact) mass is 320 g/mol. The van der Waals surface area contributed by atoms with Gasteiger partial charge in [-0.2, -0.15) is 0 Å². The fourth-order valence-electron chi connectivity index (χ4n) is 2.77. The van der Waals surface area contributed by atoms with Gasteiger partial charge in [-0.25, -0.2) is 0 Å². The smallest absolute Gasteiger partial charge is 0.313 e. The van der Waals surface area contributed by atoms with Crippen molar-refractivity contribution in [1.82, 2.24) is 5.32 Å². The van der Waals surface area contributed by atoms with Crippen LogP contribution >= 0.6 is 0 Å². The molecule has 1 aromatic rings. The fraction of sp³-hybridized carbons (Fsp3) is 0.529. The molecule has 1 aliphatic heterocycles. The second-order valence-corrected chi connectivity index (χ2v) is 6.05. The minimum Gasteiger partial charge on any atom is -0.370 e. The van der Waals surface area contributed by atoms with E-state index in [-0.39, 0.29) is 0 Å². The van der Waals surface area contributed by atoms with Gasteiger partial charge < -0.3 is 20.3 Å². The van der Waals surface area contributed by atoms with Crippen LogP contribution in [-0.4, -0.2) is 51.2 Å². The molecule has 0 bridgehead atoms. The number of carbonyl (C=O) groups excluding carboxylic acids is 2. The largest absolute Gasteiger partial charge is 0.370 e. The third-order valence-corrected chi connectivity index (χ3v) is 3.88. The standard InChI is InChI=1S/C17H25N3O3/c1-13-10-14(2)12-15(11-13)19-17(22)16(21)18-4-3-5-20-6-8-23-9-7-20/h10-12H,3-9H2,1-2H3,(H,18,21)(H,19,22)/p+1. The SMILES string of the molecule is Cc1cc(C)cc(NC(=O)C(=O)NCCC[NH+]2CCOCC2)c1. The van der Waals surface area contributed by atoms with E-state index in [0.29, 0.717) is 12.2 Å². The average Bonchev–Trinajstić information content (AvgIpc) is 2.51. The van der Waals surface area contributed by atoms with Gasteiger partial charge in [0.2, 0.25) is 0 Å². The van der Waals surface area contributed by atoms with Crippen molar-refractivity contribution in [2.24, 2.45) is 0 Å². The predicted molar refractivity (Wildman–Crippen MR) is 88.6 cm³/mol. The van der Waals surface area contributed by atoms with Crippen molar-refractivity contribution >= 4 is 17.5 Å². The molecule has 1 aliphatic rings. The lowest BCUT2D eigenvalue weighted by Gasteiger charge is -2.23. The molecule has 2 amide bonds. The summed E-state index contributed by atoms with van der Waals surface area (Å²) in [6, 6.07) is 5.71. The van der Waals surface area contributed by atoms with E-state index in [4.69, 9.17) is 4.74 Å². The van der Waals surface area contributed by atoms with Crippen LogP contribution in [0.15, 0.2) is 18.2 Å². The lowest BCUT2D eigenvalue weighted by Crippen LogP contribution is -3.14. The van der Waals surface area contributed by atoms with Gasteiger partial charge in [0, 0.05) is 18.7 Å². The van der Waals surface area contributed by atoms with Crippen molar-refractivity contribution < 1.29 is 19.2 Å². The Bertz CT molecular complexity index is 534. The zero-order valence-corrected chi connectivity index (χ0v) is 13.9. The fourth-order valence-corrected chi connectivity index (χ4v) is 2.77. The van der Waals surface area contributed by atoms with Gasteiger partial charge in [0.05, 0.1) is 19.8 Å². The Morgan fingerprint density at radius 1 is 1.09 bits per heavy atom. The molecule has 1 heterocycles. The zero-order valence-electron chi connectivity index (χ0n) is 13.9. The number of aryl methyl sites for hydroxylation is 2. The number of hydrogen-bond acceptors (Lipinski definition) is 3. The summed E-state index contributed by atoms with van der Waals surface area (Å²) >= 11 is 0. The van der Waals surface area contributed by atoms with Crippen LogP contribution in [0.4, 0.5) is 5.69 Å². The molecule has 6 heteroatoms. The van der Waals surface area contributed by atoms with Crippen LogP contribution in [0.5, 0.6) is 0 Å². The van der Waals surface area contributed by atoms with E-state index < -0.39 is 11.8 Å².